The average molecular weight is 433 g/mol. The number of aromatic hydroxyl groups is 1. The second kappa shape index (κ2) is 6.31. The molecule has 3 aromatic rings. The minimum atomic E-state index is -4.97. The molecule has 136 valence electrons. The minimum Gasteiger partial charge on any atom is -0.505 e. The summed E-state index contributed by atoms with van der Waals surface area (Å²) in [5.41, 5.74) is -2.10. The first kappa shape index (κ1) is 18.2. The smallest absolute Gasteiger partial charge is 0.437 e. The number of aromatic nitrogens is 4. The molecule has 26 heavy (non-hydrogen) atoms. The molecule has 3 rings (SSSR count). The third kappa shape index (κ3) is 3.02. The van der Waals surface area contributed by atoms with Crippen LogP contribution in [0.15, 0.2) is 22.9 Å². The number of rotatable bonds is 3. The zero-order chi connectivity index (χ0) is 19.2. The maximum absolute atomic E-state index is 13.5. The molecule has 0 radical (unpaired) electrons. The van der Waals surface area contributed by atoms with Crippen LogP contribution in [-0.2, 0) is 12.6 Å². The van der Waals surface area contributed by atoms with Crippen LogP contribution in [0.3, 0.4) is 0 Å². The Labute approximate surface area is 151 Å². The van der Waals surface area contributed by atoms with Gasteiger partial charge < -0.3 is 5.11 Å². The van der Waals surface area contributed by atoms with E-state index in [4.69, 9.17) is 0 Å². The van der Waals surface area contributed by atoms with Gasteiger partial charge in [-0.2, -0.15) is 13.2 Å². The summed E-state index contributed by atoms with van der Waals surface area (Å²) in [6.07, 6.45) is -2.84. The molecule has 3 aromatic heterocycles. The highest BCUT2D eigenvalue weighted by molar-refractivity contribution is 9.10. The molecule has 3 heterocycles. The standard InChI is InChI=1S/C15H9BrF4N4O2/c1-2-8-10(24-5-6(17)4-21-14(24)23-8)12(26)9-3-7(16)11(25)13(22-9)15(18,19)20/h3-5,25H,2H2,1H3. The van der Waals surface area contributed by atoms with E-state index in [-0.39, 0.29) is 28.1 Å². The van der Waals surface area contributed by atoms with Gasteiger partial charge >= 0.3 is 6.18 Å². The van der Waals surface area contributed by atoms with Gasteiger partial charge in [-0.1, -0.05) is 6.92 Å². The number of imidazole rings is 1. The number of hydrogen-bond acceptors (Lipinski definition) is 5. The van der Waals surface area contributed by atoms with E-state index in [1.54, 1.807) is 6.92 Å². The lowest BCUT2D eigenvalue weighted by atomic mass is 10.1. The van der Waals surface area contributed by atoms with Gasteiger partial charge in [0.25, 0.3) is 0 Å². The third-order valence-corrected chi connectivity index (χ3v) is 4.12. The van der Waals surface area contributed by atoms with E-state index in [2.05, 4.69) is 30.9 Å². The van der Waals surface area contributed by atoms with Crippen LogP contribution in [0.4, 0.5) is 17.6 Å². The molecule has 0 saturated carbocycles. The second-order valence-electron chi connectivity index (χ2n) is 5.22. The van der Waals surface area contributed by atoms with Crippen molar-refractivity contribution in [2.75, 3.05) is 0 Å². The average Bonchev–Trinajstić information content (AvgIpc) is 2.93. The first-order valence-corrected chi connectivity index (χ1v) is 7.96. The van der Waals surface area contributed by atoms with Crippen molar-refractivity contribution < 1.29 is 27.5 Å². The molecular weight excluding hydrogens is 424 g/mol. The third-order valence-electron chi connectivity index (χ3n) is 3.52. The molecule has 0 fully saturated rings. The molecule has 0 saturated heterocycles. The minimum absolute atomic E-state index is 0.0282. The lowest BCUT2D eigenvalue weighted by molar-refractivity contribution is -0.142. The van der Waals surface area contributed by atoms with Gasteiger partial charge in [-0.15, -0.1) is 0 Å². The maximum atomic E-state index is 13.5. The second-order valence-corrected chi connectivity index (χ2v) is 6.07. The number of aryl methyl sites for hydroxylation is 1. The van der Waals surface area contributed by atoms with E-state index in [0.29, 0.717) is 0 Å². The van der Waals surface area contributed by atoms with E-state index in [1.165, 1.54) is 0 Å². The molecule has 0 bridgehead atoms. The monoisotopic (exact) mass is 432 g/mol. The molecule has 0 aliphatic heterocycles. The van der Waals surface area contributed by atoms with Gasteiger partial charge in [0.15, 0.2) is 17.3 Å². The van der Waals surface area contributed by atoms with Gasteiger partial charge in [0.2, 0.25) is 11.6 Å². The van der Waals surface area contributed by atoms with Crippen LogP contribution >= 0.6 is 15.9 Å². The van der Waals surface area contributed by atoms with Gasteiger partial charge in [-0.05, 0) is 28.4 Å². The molecule has 0 unspecified atom stereocenters. The Morgan fingerprint density at radius 1 is 1.35 bits per heavy atom. The number of ketones is 1. The number of pyridine rings is 1. The van der Waals surface area contributed by atoms with Crippen molar-refractivity contribution in [3.05, 3.63) is 51.5 Å². The van der Waals surface area contributed by atoms with E-state index in [0.717, 1.165) is 22.9 Å². The Hall–Kier alpha value is -2.56. The number of carbonyl (C=O) groups is 1. The number of carbonyl (C=O) groups excluding carboxylic acids is 1. The molecule has 0 aliphatic rings. The number of nitrogens with zero attached hydrogens (tertiary/aromatic N) is 4. The molecule has 0 amide bonds. The van der Waals surface area contributed by atoms with Crippen molar-refractivity contribution in [3.8, 4) is 5.75 Å². The number of hydrogen-bond donors (Lipinski definition) is 1. The number of halogens is 5. The molecular formula is C15H9BrF4N4O2. The van der Waals surface area contributed by atoms with Crippen molar-refractivity contribution in [1.82, 2.24) is 19.4 Å². The Balaban J connectivity index is 2.24. The van der Waals surface area contributed by atoms with Crippen molar-refractivity contribution in [2.45, 2.75) is 19.5 Å². The Kier molecular flexibility index (Phi) is 4.42. The fourth-order valence-corrected chi connectivity index (χ4v) is 2.79. The van der Waals surface area contributed by atoms with Crippen molar-refractivity contribution in [2.24, 2.45) is 0 Å². The van der Waals surface area contributed by atoms with Crippen LogP contribution in [0, 0.1) is 5.82 Å². The molecule has 0 aliphatic carbocycles. The summed E-state index contributed by atoms with van der Waals surface area (Å²) in [7, 11) is 0. The summed E-state index contributed by atoms with van der Waals surface area (Å²) < 4.78 is 53.3. The fourth-order valence-electron chi connectivity index (χ4n) is 2.39. The Morgan fingerprint density at radius 2 is 2.04 bits per heavy atom. The topological polar surface area (TPSA) is 80.4 Å². The summed E-state index contributed by atoms with van der Waals surface area (Å²) in [6, 6.07) is 0.957. The lowest BCUT2D eigenvalue weighted by Gasteiger charge is -2.11. The largest absolute Gasteiger partial charge is 0.505 e. The van der Waals surface area contributed by atoms with E-state index < -0.39 is 34.9 Å². The fraction of sp³-hybridized carbons (Fsp3) is 0.200. The predicted octanol–water partition coefficient (Wildman–Crippen LogP) is 3.54. The highest BCUT2D eigenvalue weighted by Gasteiger charge is 2.38. The van der Waals surface area contributed by atoms with Crippen LogP contribution in [0.25, 0.3) is 5.78 Å². The first-order chi connectivity index (χ1) is 12.1. The lowest BCUT2D eigenvalue weighted by Crippen LogP contribution is -2.15. The van der Waals surface area contributed by atoms with Crippen LogP contribution < -0.4 is 0 Å². The molecule has 0 atom stereocenters. The summed E-state index contributed by atoms with van der Waals surface area (Å²) in [5, 5.41) is 9.56. The van der Waals surface area contributed by atoms with Crippen molar-refractivity contribution in [3.63, 3.8) is 0 Å². The highest BCUT2D eigenvalue weighted by Crippen LogP contribution is 2.38. The van der Waals surface area contributed by atoms with Gasteiger partial charge in [0.1, 0.15) is 11.4 Å². The molecule has 1 N–H and O–H groups in total. The summed E-state index contributed by atoms with van der Waals surface area (Å²) >= 11 is 2.78. The summed E-state index contributed by atoms with van der Waals surface area (Å²) in [6.45, 7) is 1.68. The summed E-state index contributed by atoms with van der Waals surface area (Å²) in [5.74, 6) is -2.76. The zero-order valence-corrected chi connectivity index (χ0v) is 14.6. The summed E-state index contributed by atoms with van der Waals surface area (Å²) in [4.78, 5) is 23.9. The normalized spacial score (nSPS) is 11.9. The highest BCUT2D eigenvalue weighted by atomic mass is 79.9. The first-order valence-electron chi connectivity index (χ1n) is 7.17. The van der Waals surface area contributed by atoms with Crippen LogP contribution in [0.2, 0.25) is 0 Å². The van der Waals surface area contributed by atoms with Crippen LogP contribution in [0.5, 0.6) is 5.75 Å². The van der Waals surface area contributed by atoms with Gasteiger partial charge in [-0.25, -0.2) is 19.3 Å². The molecule has 11 heteroatoms. The van der Waals surface area contributed by atoms with Crippen LogP contribution in [0.1, 0.15) is 34.5 Å². The maximum Gasteiger partial charge on any atom is 0.437 e. The van der Waals surface area contributed by atoms with Gasteiger partial charge in [0.05, 0.1) is 22.6 Å². The van der Waals surface area contributed by atoms with Gasteiger partial charge in [-0.3, -0.25) is 9.20 Å². The van der Waals surface area contributed by atoms with Gasteiger partial charge in [0, 0.05) is 0 Å². The van der Waals surface area contributed by atoms with Crippen molar-refractivity contribution >= 4 is 27.5 Å². The van der Waals surface area contributed by atoms with E-state index >= 15 is 0 Å². The zero-order valence-electron chi connectivity index (χ0n) is 13.0. The SMILES string of the molecule is CCc1nc2ncc(F)cn2c1C(=O)c1cc(Br)c(O)c(C(F)(F)F)n1. The quantitative estimate of drug-likeness (QED) is 0.505. The predicted molar refractivity (Wildman–Crippen MR) is 84.4 cm³/mol. The molecule has 6 nitrogen and oxygen atoms in total. The van der Waals surface area contributed by atoms with E-state index in [1.807, 2.05) is 0 Å². The molecule has 0 spiro atoms. The van der Waals surface area contributed by atoms with E-state index in [9.17, 15) is 27.5 Å². The number of fused-ring (bicyclic) bond motifs is 1. The Morgan fingerprint density at radius 3 is 2.65 bits per heavy atom. The van der Waals surface area contributed by atoms with Crippen LogP contribution in [-0.4, -0.2) is 30.2 Å². The Bertz CT molecular complexity index is 1030. The number of alkyl halides is 3. The molecule has 0 aromatic carbocycles. The van der Waals surface area contributed by atoms with Crippen molar-refractivity contribution in [1.29, 1.82) is 0 Å².